The van der Waals surface area contributed by atoms with Gasteiger partial charge in [0.05, 0.1) is 11.6 Å². The average molecular weight is 314 g/mol. The number of benzene rings is 1. The fourth-order valence-corrected chi connectivity index (χ4v) is 2.50. The van der Waals surface area contributed by atoms with Crippen LogP contribution in [0.2, 0.25) is 0 Å². The highest BCUT2D eigenvalue weighted by atomic mass is 16.2. The van der Waals surface area contributed by atoms with Crippen molar-refractivity contribution in [2.75, 3.05) is 26.2 Å². The second kappa shape index (κ2) is 7.98. The van der Waals surface area contributed by atoms with Gasteiger partial charge in [0.2, 0.25) is 0 Å². The molecule has 1 fully saturated rings. The first-order valence-corrected chi connectivity index (χ1v) is 8.26. The lowest BCUT2D eigenvalue weighted by Crippen LogP contribution is -2.53. The quantitative estimate of drug-likeness (QED) is 0.928. The predicted molar refractivity (Wildman–Crippen MR) is 90.8 cm³/mol. The SMILES string of the molecule is CC(C)[C@H](C)NC(=O)N1CCN(Cc2ccc(C#N)cc2)CC1. The highest BCUT2D eigenvalue weighted by Gasteiger charge is 2.22. The molecule has 1 aromatic carbocycles. The molecule has 2 rings (SSSR count). The van der Waals surface area contributed by atoms with Crippen molar-refractivity contribution >= 4 is 6.03 Å². The Morgan fingerprint density at radius 1 is 1.17 bits per heavy atom. The summed E-state index contributed by atoms with van der Waals surface area (Å²) in [4.78, 5) is 16.5. The van der Waals surface area contributed by atoms with Gasteiger partial charge in [0.25, 0.3) is 0 Å². The first-order valence-electron chi connectivity index (χ1n) is 8.26. The van der Waals surface area contributed by atoms with E-state index in [1.165, 1.54) is 5.56 Å². The number of nitriles is 1. The van der Waals surface area contributed by atoms with Crippen LogP contribution in [-0.2, 0) is 6.54 Å². The van der Waals surface area contributed by atoms with E-state index in [2.05, 4.69) is 30.1 Å². The molecule has 1 aliphatic rings. The summed E-state index contributed by atoms with van der Waals surface area (Å²) in [6.07, 6.45) is 0. The third kappa shape index (κ3) is 4.97. The molecule has 0 aliphatic carbocycles. The number of carbonyl (C=O) groups is 1. The molecule has 2 amide bonds. The molecule has 124 valence electrons. The van der Waals surface area contributed by atoms with Gasteiger partial charge in [0, 0.05) is 38.8 Å². The minimum atomic E-state index is 0.0456. The largest absolute Gasteiger partial charge is 0.335 e. The zero-order valence-electron chi connectivity index (χ0n) is 14.2. The van der Waals surface area contributed by atoms with Gasteiger partial charge in [-0.15, -0.1) is 0 Å². The molecule has 5 heteroatoms. The standard InChI is InChI=1S/C18H26N4O/c1-14(2)15(3)20-18(23)22-10-8-21(9-11-22)13-17-6-4-16(12-19)5-7-17/h4-7,14-15H,8-11,13H2,1-3H3,(H,20,23)/t15-/m0/s1. The average Bonchev–Trinajstić information content (AvgIpc) is 2.56. The highest BCUT2D eigenvalue weighted by Crippen LogP contribution is 2.10. The molecule has 0 saturated carbocycles. The molecular weight excluding hydrogens is 288 g/mol. The topological polar surface area (TPSA) is 59.4 Å². The number of amides is 2. The van der Waals surface area contributed by atoms with E-state index in [4.69, 9.17) is 5.26 Å². The Morgan fingerprint density at radius 2 is 1.78 bits per heavy atom. The number of urea groups is 1. The van der Waals surface area contributed by atoms with Crippen molar-refractivity contribution in [1.29, 1.82) is 5.26 Å². The summed E-state index contributed by atoms with van der Waals surface area (Å²) in [7, 11) is 0. The zero-order chi connectivity index (χ0) is 16.8. The van der Waals surface area contributed by atoms with Crippen LogP contribution in [0.5, 0.6) is 0 Å². The fraction of sp³-hybridized carbons (Fsp3) is 0.556. The Kier molecular flexibility index (Phi) is 6.00. The molecular formula is C18H26N4O. The summed E-state index contributed by atoms with van der Waals surface area (Å²) in [5.41, 5.74) is 1.89. The Morgan fingerprint density at radius 3 is 2.30 bits per heavy atom. The van der Waals surface area contributed by atoms with Crippen LogP contribution in [0.3, 0.4) is 0 Å². The van der Waals surface area contributed by atoms with E-state index in [0.29, 0.717) is 11.5 Å². The molecule has 0 unspecified atom stereocenters. The van der Waals surface area contributed by atoms with Gasteiger partial charge in [0.15, 0.2) is 0 Å². The minimum Gasteiger partial charge on any atom is -0.335 e. The summed E-state index contributed by atoms with van der Waals surface area (Å²) >= 11 is 0. The van der Waals surface area contributed by atoms with Crippen molar-refractivity contribution in [1.82, 2.24) is 15.1 Å². The second-order valence-electron chi connectivity index (χ2n) is 6.55. The van der Waals surface area contributed by atoms with Crippen molar-refractivity contribution in [3.8, 4) is 6.07 Å². The van der Waals surface area contributed by atoms with E-state index in [9.17, 15) is 4.79 Å². The summed E-state index contributed by atoms with van der Waals surface area (Å²) in [5, 5.41) is 11.9. The lowest BCUT2D eigenvalue weighted by molar-refractivity contribution is 0.132. The molecule has 1 N–H and O–H groups in total. The summed E-state index contributed by atoms with van der Waals surface area (Å²) < 4.78 is 0. The molecule has 0 bridgehead atoms. The molecule has 0 radical (unpaired) electrons. The van der Waals surface area contributed by atoms with Gasteiger partial charge in [-0.25, -0.2) is 4.79 Å². The predicted octanol–water partition coefficient (Wildman–Crippen LogP) is 2.43. The first-order chi connectivity index (χ1) is 11.0. The first kappa shape index (κ1) is 17.3. The minimum absolute atomic E-state index is 0.0456. The molecule has 23 heavy (non-hydrogen) atoms. The van der Waals surface area contributed by atoms with E-state index in [-0.39, 0.29) is 12.1 Å². The van der Waals surface area contributed by atoms with E-state index in [0.717, 1.165) is 32.7 Å². The van der Waals surface area contributed by atoms with E-state index in [1.54, 1.807) is 0 Å². The molecule has 5 nitrogen and oxygen atoms in total. The number of nitrogens with zero attached hydrogens (tertiary/aromatic N) is 3. The van der Waals surface area contributed by atoms with Crippen molar-refractivity contribution in [3.63, 3.8) is 0 Å². The van der Waals surface area contributed by atoms with Gasteiger partial charge in [-0.05, 0) is 30.5 Å². The Balaban J connectivity index is 1.79. The molecule has 1 atom stereocenters. The fourth-order valence-electron chi connectivity index (χ4n) is 2.50. The molecule has 0 aromatic heterocycles. The molecule has 0 spiro atoms. The van der Waals surface area contributed by atoms with Gasteiger partial charge in [-0.3, -0.25) is 4.90 Å². The van der Waals surface area contributed by atoms with Crippen molar-refractivity contribution < 1.29 is 4.79 Å². The van der Waals surface area contributed by atoms with Crippen LogP contribution in [0.15, 0.2) is 24.3 Å². The monoisotopic (exact) mass is 314 g/mol. The van der Waals surface area contributed by atoms with Gasteiger partial charge in [-0.1, -0.05) is 26.0 Å². The maximum atomic E-state index is 12.2. The van der Waals surface area contributed by atoms with Crippen LogP contribution in [0, 0.1) is 17.2 Å². The van der Waals surface area contributed by atoms with Gasteiger partial charge >= 0.3 is 6.03 Å². The maximum absolute atomic E-state index is 12.2. The summed E-state index contributed by atoms with van der Waals surface area (Å²) in [6, 6.07) is 10.1. The molecule has 1 saturated heterocycles. The van der Waals surface area contributed by atoms with E-state index in [1.807, 2.05) is 36.1 Å². The maximum Gasteiger partial charge on any atom is 0.317 e. The summed E-state index contributed by atoms with van der Waals surface area (Å²) in [6.45, 7) is 10.4. The van der Waals surface area contributed by atoms with Crippen molar-refractivity contribution in [2.24, 2.45) is 5.92 Å². The van der Waals surface area contributed by atoms with Crippen LogP contribution in [0.25, 0.3) is 0 Å². The lowest BCUT2D eigenvalue weighted by atomic mass is 10.1. The number of hydrogen-bond donors (Lipinski definition) is 1. The normalized spacial score (nSPS) is 16.9. The van der Waals surface area contributed by atoms with Gasteiger partial charge < -0.3 is 10.2 Å². The van der Waals surface area contributed by atoms with Crippen LogP contribution in [0.1, 0.15) is 31.9 Å². The number of piperazine rings is 1. The molecule has 1 aromatic rings. The van der Waals surface area contributed by atoms with E-state index < -0.39 is 0 Å². The van der Waals surface area contributed by atoms with Crippen molar-refractivity contribution in [3.05, 3.63) is 35.4 Å². The number of nitrogens with one attached hydrogen (secondary N) is 1. The Hall–Kier alpha value is -2.06. The Bertz CT molecular complexity index is 553. The van der Waals surface area contributed by atoms with Crippen molar-refractivity contribution in [2.45, 2.75) is 33.4 Å². The van der Waals surface area contributed by atoms with Crippen LogP contribution in [-0.4, -0.2) is 48.1 Å². The number of hydrogen-bond acceptors (Lipinski definition) is 3. The molecule has 1 heterocycles. The smallest absolute Gasteiger partial charge is 0.317 e. The third-order valence-electron chi connectivity index (χ3n) is 4.50. The lowest BCUT2D eigenvalue weighted by Gasteiger charge is -2.35. The van der Waals surface area contributed by atoms with Crippen LogP contribution < -0.4 is 5.32 Å². The van der Waals surface area contributed by atoms with E-state index >= 15 is 0 Å². The highest BCUT2D eigenvalue weighted by molar-refractivity contribution is 5.74. The number of rotatable bonds is 4. The van der Waals surface area contributed by atoms with Crippen LogP contribution >= 0.6 is 0 Å². The number of carbonyl (C=O) groups excluding carboxylic acids is 1. The molecule has 1 aliphatic heterocycles. The van der Waals surface area contributed by atoms with Gasteiger partial charge in [0.1, 0.15) is 0 Å². The Labute approximate surface area is 138 Å². The second-order valence-corrected chi connectivity index (χ2v) is 6.55. The van der Waals surface area contributed by atoms with Gasteiger partial charge in [-0.2, -0.15) is 5.26 Å². The summed E-state index contributed by atoms with van der Waals surface area (Å²) in [5.74, 6) is 0.441. The third-order valence-corrected chi connectivity index (χ3v) is 4.50. The zero-order valence-corrected chi connectivity index (χ0v) is 14.2. The van der Waals surface area contributed by atoms with Crippen LogP contribution in [0.4, 0.5) is 4.79 Å².